The van der Waals surface area contributed by atoms with Crippen LogP contribution in [0.4, 0.5) is 0 Å². The molecule has 0 aromatic rings. The van der Waals surface area contributed by atoms with Gasteiger partial charge in [-0.1, -0.05) is 12.2 Å². The molecule has 1 fully saturated rings. The van der Waals surface area contributed by atoms with Crippen LogP contribution in [0, 0.1) is 5.92 Å². The molecule has 46 valence electrons. The Labute approximate surface area is 55.5 Å². The predicted molar refractivity (Wildman–Crippen MR) is 37.2 cm³/mol. The Morgan fingerprint density at radius 1 is 1.62 bits per heavy atom. The molecule has 0 radical (unpaired) electrons. The Morgan fingerprint density at radius 3 is 2.62 bits per heavy atom. The van der Waals surface area contributed by atoms with E-state index in [1.807, 2.05) is 6.92 Å². The Hall–Kier alpha value is 0.0300. The van der Waals surface area contributed by atoms with Crippen LogP contribution < -0.4 is 0 Å². The van der Waals surface area contributed by atoms with Gasteiger partial charge in [0.1, 0.15) is 0 Å². The molecule has 0 aliphatic heterocycles. The van der Waals surface area contributed by atoms with E-state index in [0.29, 0.717) is 0 Å². The van der Waals surface area contributed by atoms with Crippen LogP contribution >= 0.6 is 11.6 Å². The van der Waals surface area contributed by atoms with Crippen molar-refractivity contribution in [3.05, 3.63) is 12.2 Å². The first-order valence-corrected chi connectivity index (χ1v) is 3.55. The standard InChI is InChI=1S/C7H11Cl/c1-6(8)2-3-7-4-5-7/h2-3,6-7H,4-5H2,1H3/b3-2+. The van der Waals surface area contributed by atoms with Crippen LogP contribution in [0.3, 0.4) is 0 Å². The Kier molecular flexibility index (Phi) is 1.95. The fourth-order valence-corrected chi connectivity index (χ4v) is 0.683. The zero-order valence-corrected chi connectivity index (χ0v) is 5.86. The molecule has 0 aromatic heterocycles. The minimum absolute atomic E-state index is 0.218. The highest BCUT2D eigenvalue weighted by Crippen LogP contribution is 2.30. The number of halogens is 1. The maximum absolute atomic E-state index is 5.66. The van der Waals surface area contributed by atoms with Crippen molar-refractivity contribution in [2.45, 2.75) is 25.1 Å². The van der Waals surface area contributed by atoms with E-state index >= 15 is 0 Å². The molecule has 0 spiro atoms. The summed E-state index contributed by atoms with van der Waals surface area (Å²) >= 11 is 5.66. The van der Waals surface area contributed by atoms with Crippen molar-refractivity contribution >= 4 is 11.6 Å². The van der Waals surface area contributed by atoms with Gasteiger partial charge in [-0.25, -0.2) is 0 Å². The van der Waals surface area contributed by atoms with Gasteiger partial charge in [0.05, 0.1) is 0 Å². The van der Waals surface area contributed by atoms with Gasteiger partial charge < -0.3 is 0 Å². The molecular formula is C7H11Cl. The van der Waals surface area contributed by atoms with Crippen LogP contribution in [0.2, 0.25) is 0 Å². The normalized spacial score (nSPS) is 24.2. The number of allylic oxidation sites excluding steroid dienone is 2. The molecule has 1 aliphatic carbocycles. The summed E-state index contributed by atoms with van der Waals surface area (Å²) in [5, 5.41) is 0.218. The average molecular weight is 131 g/mol. The Bertz CT molecular complexity index is 86.6. The van der Waals surface area contributed by atoms with Crippen molar-refractivity contribution in [3.63, 3.8) is 0 Å². The molecular weight excluding hydrogens is 120 g/mol. The lowest BCUT2D eigenvalue weighted by Crippen LogP contribution is -1.80. The van der Waals surface area contributed by atoms with E-state index < -0.39 is 0 Å². The first-order chi connectivity index (χ1) is 3.79. The topological polar surface area (TPSA) is 0 Å². The fourth-order valence-electron chi connectivity index (χ4n) is 0.599. The zero-order valence-electron chi connectivity index (χ0n) is 5.10. The summed E-state index contributed by atoms with van der Waals surface area (Å²) in [5.41, 5.74) is 0. The largest absolute Gasteiger partial charge is 0.119 e. The second-order valence-electron chi connectivity index (χ2n) is 2.40. The van der Waals surface area contributed by atoms with E-state index in [4.69, 9.17) is 11.6 Å². The lowest BCUT2D eigenvalue weighted by atomic mass is 10.3. The maximum atomic E-state index is 5.66. The van der Waals surface area contributed by atoms with Gasteiger partial charge >= 0.3 is 0 Å². The summed E-state index contributed by atoms with van der Waals surface area (Å²) < 4.78 is 0. The summed E-state index contributed by atoms with van der Waals surface area (Å²) in [6, 6.07) is 0. The van der Waals surface area contributed by atoms with Crippen molar-refractivity contribution in [1.29, 1.82) is 0 Å². The summed E-state index contributed by atoms with van der Waals surface area (Å²) in [4.78, 5) is 0. The first-order valence-electron chi connectivity index (χ1n) is 3.11. The van der Waals surface area contributed by atoms with Crippen LogP contribution in [-0.2, 0) is 0 Å². The second-order valence-corrected chi connectivity index (χ2v) is 3.09. The lowest BCUT2D eigenvalue weighted by Gasteiger charge is -1.87. The molecule has 0 bridgehead atoms. The minimum Gasteiger partial charge on any atom is -0.119 e. The Morgan fingerprint density at radius 2 is 2.25 bits per heavy atom. The van der Waals surface area contributed by atoms with E-state index in [-0.39, 0.29) is 5.38 Å². The Balaban J connectivity index is 2.13. The van der Waals surface area contributed by atoms with Crippen molar-refractivity contribution in [2.75, 3.05) is 0 Å². The van der Waals surface area contributed by atoms with Crippen LogP contribution in [0.15, 0.2) is 12.2 Å². The highest BCUT2D eigenvalue weighted by molar-refractivity contribution is 6.21. The summed E-state index contributed by atoms with van der Waals surface area (Å²) in [5.74, 6) is 0.871. The van der Waals surface area contributed by atoms with Crippen molar-refractivity contribution < 1.29 is 0 Å². The summed E-state index contributed by atoms with van der Waals surface area (Å²) in [6.45, 7) is 1.99. The van der Waals surface area contributed by atoms with Gasteiger partial charge in [0.15, 0.2) is 0 Å². The number of alkyl halides is 1. The molecule has 1 rings (SSSR count). The van der Waals surface area contributed by atoms with Crippen molar-refractivity contribution in [2.24, 2.45) is 5.92 Å². The van der Waals surface area contributed by atoms with Crippen LogP contribution in [0.25, 0.3) is 0 Å². The third-order valence-electron chi connectivity index (χ3n) is 1.27. The van der Waals surface area contributed by atoms with E-state index in [1.54, 1.807) is 0 Å². The fraction of sp³-hybridized carbons (Fsp3) is 0.714. The number of rotatable bonds is 2. The summed E-state index contributed by atoms with van der Waals surface area (Å²) in [7, 11) is 0. The van der Waals surface area contributed by atoms with Crippen LogP contribution in [-0.4, -0.2) is 5.38 Å². The minimum atomic E-state index is 0.218. The third kappa shape index (κ3) is 2.37. The van der Waals surface area contributed by atoms with Gasteiger partial charge in [-0.15, -0.1) is 11.6 Å². The lowest BCUT2D eigenvalue weighted by molar-refractivity contribution is 1.09. The maximum Gasteiger partial charge on any atom is 0.0487 e. The molecule has 1 atom stereocenters. The third-order valence-corrected chi connectivity index (χ3v) is 1.42. The molecule has 1 heteroatoms. The molecule has 0 amide bonds. The van der Waals surface area contributed by atoms with Gasteiger partial charge in [-0.2, -0.15) is 0 Å². The van der Waals surface area contributed by atoms with E-state index in [1.165, 1.54) is 12.8 Å². The van der Waals surface area contributed by atoms with E-state index in [9.17, 15) is 0 Å². The summed E-state index contributed by atoms with van der Waals surface area (Å²) in [6.07, 6.45) is 7.04. The average Bonchev–Trinajstić information content (AvgIpc) is 2.41. The van der Waals surface area contributed by atoms with Crippen LogP contribution in [0.1, 0.15) is 19.8 Å². The van der Waals surface area contributed by atoms with E-state index in [0.717, 1.165) is 5.92 Å². The molecule has 0 aromatic carbocycles. The van der Waals surface area contributed by atoms with Crippen molar-refractivity contribution in [3.8, 4) is 0 Å². The molecule has 0 saturated heterocycles. The smallest absolute Gasteiger partial charge is 0.0487 e. The van der Waals surface area contributed by atoms with Crippen molar-refractivity contribution in [1.82, 2.24) is 0 Å². The highest BCUT2D eigenvalue weighted by atomic mass is 35.5. The number of hydrogen-bond acceptors (Lipinski definition) is 0. The van der Waals surface area contributed by atoms with Gasteiger partial charge in [-0.05, 0) is 25.7 Å². The van der Waals surface area contributed by atoms with Gasteiger partial charge in [0, 0.05) is 5.38 Å². The SMILES string of the molecule is CC(Cl)/C=C/C1CC1. The molecule has 8 heavy (non-hydrogen) atoms. The molecule has 0 nitrogen and oxygen atoms in total. The zero-order chi connectivity index (χ0) is 5.98. The molecule has 1 unspecified atom stereocenters. The molecule has 0 N–H and O–H groups in total. The first kappa shape index (κ1) is 6.15. The number of hydrogen-bond donors (Lipinski definition) is 0. The quantitative estimate of drug-likeness (QED) is 0.398. The molecule has 1 aliphatic rings. The highest BCUT2D eigenvalue weighted by Gasteiger charge is 2.16. The van der Waals surface area contributed by atoms with Gasteiger partial charge in [0.25, 0.3) is 0 Å². The monoisotopic (exact) mass is 130 g/mol. The van der Waals surface area contributed by atoms with Gasteiger partial charge in [0.2, 0.25) is 0 Å². The molecule has 1 saturated carbocycles. The predicted octanol–water partition coefficient (Wildman–Crippen LogP) is 2.58. The van der Waals surface area contributed by atoms with Crippen LogP contribution in [0.5, 0.6) is 0 Å². The van der Waals surface area contributed by atoms with E-state index in [2.05, 4.69) is 12.2 Å². The van der Waals surface area contributed by atoms with Gasteiger partial charge in [-0.3, -0.25) is 0 Å². The molecule has 0 heterocycles. The second kappa shape index (κ2) is 2.54.